The lowest BCUT2D eigenvalue weighted by molar-refractivity contribution is -0.139. The Hall–Kier alpha value is -1.04. The van der Waals surface area contributed by atoms with E-state index in [0.717, 1.165) is 0 Å². The SMILES string of the molecule is Cn1ccnc1C(N)CC(F)(F)F. The van der Waals surface area contributed by atoms with Crippen LogP contribution in [-0.4, -0.2) is 15.7 Å². The second kappa shape index (κ2) is 3.37. The summed E-state index contributed by atoms with van der Waals surface area (Å²) in [6.45, 7) is 0. The van der Waals surface area contributed by atoms with Crippen LogP contribution in [-0.2, 0) is 7.05 Å². The molecule has 1 aromatic rings. The lowest BCUT2D eigenvalue weighted by atomic mass is 10.2. The van der Waals surface area contributed by atoms with Crippen molar-refractivity contribution in [2.45, 2.75) is 18.6 Å². The van der Waals surface area contributed by atoms with Gasteiger partial charge >= 0.3 is 6.18 Å². The molecule has 0 aromatic carbocycles. The van der Waals surface area contributed by atoms with E-state index in [2.05, 4.69) is 4.98 Å². The molecule has 0 aliphatic heterocycles. The number of hydrogen-bond donors (Lipinski definition) is 1. The Labute approximate surface area is 73.4 Å². The Morgan fingerprint density at radius 3 is 2.62 bits per heavy atom. The van der Waals surface area contributed by atoms with Crippen LogP contribution >= 0.6 is 0 Å². The Kier molecular flexibility index (Phi) is 2.60. The predicted octanol–water partition coefficient (Wildman–Crippen LogP) is 1.37. The van der Waals surface area contributed by atoms with Gasteiger partial charge in [0.2, 0.25) is 0 Å². The number of hydrogen-bond acceptors (Lipinski definition) is 2. The van der Waals surface area contributed by atoms with Gasteiger partial charge in [-0.3, -0.25) is 0 Å². The fourth-order valence-corrected chi connectivity index (χ4v) is 1.08. The topological polar surface area (TPSA) is 43.8 Å². The number of aromatic nitrogens is 2. The second-order valence-electron chi connectivity index (χ2n) is 2.82. The van der Waals surface area contributed by atoms with E-state index in [1.54, 1.807) is 13.2 Å². The molecule has 0 bridgehead atoms. The highest BCUT2D eigenvalue weighted by Gasteiger charge is 2.32. The van der Waals surface area contributed by atoms with Crippen LogP contribution in [0.25, 0.3) is 0 Å². The molecule has 0 amide bonds. The maximum Gasteiger partial charge on any atom is 0.391 e. The van der Waals surface area contributed by atoms with E-state index < -0.39 is 18.6 Å². The predicted molar refractivity (Wildman–Crippen MR) is 40.8 cm³/mol. The van der Waals surface area contributed by atoms with Gasteiger partial charge in [0, 0.05) is 19.4 Å². The summed E-state index contributed by atoms with van der Waals surface area (Å²) in [5, 5.41) is 0. The van der Waals surface area contributed by atoms with Crippen LogP contribution in [0.5, 0.6) is 0 Å². The smallest absolute Gasteiger partial charge is 0.337 e. The Morgan fingerprint density at radius 2 is 2.23 bits per heavy atom. The van der Waals surface area contributed by atoms with E-state index in [9.17, 15) is 13.2 Å². The summed E-state index contributed by atoms with van der Waals surface area (Å²) in [6.07, 6.45) is -2.31. The van der Waals surface area contributed by atoms with Gasteiger partial charge < -0.3 is 10.3 Å². The van der Waals surface area contributed by atoms with Crippen molar-refractivity contribution in [3.05, 3.63) is 18.2 Å². The van der Waals surface area contributed by atoms with Gasteiger partial charge in [-0.1, -0.05) is 0 Å². The van der Waals surface area contributed by atoms with E-state index in [4.69, 9.17) is 5.73 Å². The molecule has 6 heteroatoms. The zero-order valence-corrected chi connectivity index (χ0v) is 7.04. The van der Waals surface area contributed by atoms with E-state index in [1.165, 1.54) is 10.8 Å². The molecule has 1 aromatic heterocycles. The van der Waals surface area contributed by atoms with Crippen LogP contribution in [0.4, 0.5) is 13.2 Å². The van der Waals surface area contributed by atoms with Gasteiger partial charge in [0.15, 0.2) is 0 Å². The van der Waals surface area contributed by atoms with Crippen molar-refractivity contribution in [1.29, 1.82) is 0 Å². The van der Waals surface area contributed by atoms with E-state index >= 15 is 0 Å². The summed E-state index contributed by atoms with van der Waals surface area (Å²) in [7, 11) is 1.61. The van der Waals surface area contributed by atoms with Crippen molar-refractivity contribution in [1.82, 2.24) is 9.55 Å². The lowest BCUT2D eigenvalue weighted by Gasteiger charge is -2.13. The van der Waals surface area contributed by atoms with Crippen LogP contribution in [0.2, 0.25) is 0 Å². The van der Waals surface area contributed by atoms with Gasteiger partial charge in [0.05, 0.1) is 12.5 Å². The maximum atomic E-state index is 11.9. The summed E-state index contributed by atoms with van der Waals surface area (Å²) < 4.78 is 37.2. The highest BCUT2D eigenvalue weighted by molar-refractivity contribution is 4.97. The number of aryl methyl sites for hydroxylation is 1. The number of nitrogens with two attached hydrogens (primary N) is 1. The van der Waals surface area contributed by atoms with Gasteiger partial charge in [-0.15, -0.1) is 0 Å². The van der Waals surface area contributed by atoms with Crippen molar-refractivity contribution in [3.63, 3.8) is 0 Å². The summed E-state index contributed by atoms with van der Waals surface area (Å²) in [5.74, 6) is 0.248. The quantitative estimate of drug-likeness (QED) is 0.770. The number of rotatable bonds is 2. The molecule has 0 radical (unpaired) electrons. The second-order valence-corrected chi connectivity index (χ2v) is 2.82. The van der Waals surface area contributed by atoms with E-state index in [1.807, 2.05) is 0 Å². The molecule has 2 N–H and O–H groups in total. The number of alkyl halides is 3. The minimum atomic E-state index is -4.24. The van der Waals surface area contributed by atoms with Crippen molar-refractivity contribution >= 4 is 0 Å². The highest BCUT2D eigenvalue weighted by Crippen LogP contribution is 2.26. The molecule has 13 heavy (non-hydrogen) atoms. The Morgan fingerprint density at radius 1 is 1.62 bits per heavy atom. The fraction of sp³-hybridized carbons (Fsp3) is 0.571. The van der Waals surface area contributed by atoms with Crippen molar-refractivity contribution < 1.29 is 13.2 Å². The molecule has 0 saturated heterocycles. The van der Waals surface area contributed by atoms with Gasteiger partial charge in [-0.05, 0) is 0 Å². The molecule has 3 nitrogen and oxygen atoms in total. The summed E-state index contributed by atoms with van der Waals surface area (Å²) in [5.41, 5.74) is 5.32. The monoisotopic (exact) mass is 193 g/mol. The third-order valence-electron chi connectivity index (χ3n) is 1.64. The van der Waals surface area contributed by atoms with Crippen LogP contribution in [0.1, 0.15) is 18.3 Å². The Bertz CT molecular complexity index is 279. The first-order chi connectivity index (χ1) is 5.90. The molecule has 0 fully saturated rings. The number of imidazole rings is 1. The van der Waals surface area contributed by atoms with Crippen molar-refractivity contribution in [2.75, 3.05) is 0 Å². The average molecular weight is 193 g/mol. The summed E-state index contributed by atoms with van der Waals surface area (Å²) in [4.78, 5) is 3.74. The van der Waals surface area contributed by atoms with Gasteiger partial charge in [-0.25, -0.2) is 4.98 Å². The van der Waals surface area contributed by atoms with E-state index in [0.29, 0.717) is 0 Å². The molecule has 1 unspecified atom stereocenters. The third-order valence-corrected chi connectivity index (χ3v) is 1.64. The molecule has 0 spiro atoms. The summed E-state index contributed by atoms with van der Waals surface area (Å²) in [6, 6.07) is -1.08. The molecule has 1 heterocycles. The molecular weight excluding hydrogens is 183 g/mol. The molecule has 1 rings (SSSR count). The zero-order chi connectivity index (χ0) is 10.1. The number of nitrogens with zero attached hydrogens (tertiary/aromatic N) is 2. The Balaban J connectivity index is 2.69. The van der Waals surface area contributed by atoms with Gasteiger partial charge in [-0.2, -0.15) is 13.2 Å². The van der Waals surface area contributed by atoms with Gasteiger partial charge in [0.25, 0.3) is 0 Å². The fourth-order valence-electron chi connectivity index (χ4n) is 1.08. The van der Waals surface area contributed by atoms with Crippen LogP contribution < -0.4 is 5.73 Å². The lowest BCUT2D eigenvalue weighted by Crippen LogP contribution is -2.22. The van der Waals surface area contributed by atoms with Crippen molar-refractivity contribution in [3.8, 4) is 0 Å². The van der Waals surface area contributed by atoms with E-state index in [-0.39, 0.29) is 5.82 Å². The standard InChI is InChI=1S/C7H10F3N3/c1-13-3-2-12-6(13)5(11)4-7(8,9)10/h2-3,5H,4,11H2,1H3. The maximum absolute atomic E-state index is 11.9. The molecule has 74 valence electrons. The molecule has 0 aliphatic carbocycles. The molecular formula is C7H10F3N3. The molecule has 0 aliphatic rings. The zero-order valence-electron chi connectivity index (χ0n) is 7.04. The van der Waals surface area contributed by atoms with Crippen LogP contribution in [0, 0.1) is 0 Å². The number of halogens is 3. The minimum absolute atomic E-state index is 0.248. The molecule has 0 saturated carbocycles. The third kappa shape index (κ3) is 2.73. The minimum Gasteiger partial charge on any atom is -0.337 e. The van der Waals surface area contributed by atoms with Gasteiger partial charge in [0.1, 0.15) is 5.82 Å². The first-order valence-electron chi connectivity index (χ1n) is 3.69. The van der Waals surface area contributed by atoms with Crippen LogP contribution in [0.3, 0.4) is 0 Å². The normalized spacial score (nSPS) is 14.5. The van der Waals surface area contributed by atoms with Crippen molar-refractivity contribution in [2.24, 2.45) is 12.8 Å². The highest BCUT2D eigenvalue weighted by atomic mass is 19.4. The summed E-state index contributed by atoms with van der Waals surface area (Å²) >= 11 is 0. The van der Waals surface area contributed by atoms with Crippen LogP contribution in [0.15, 0.2) is 12.4 Å². The average Bonchev–Trinajstić information content (AvgIpc) is 2.30. The molecule has 1 atom stereocenters. The largest absolute Gasteiger partial charge is 0.391 e. The first kappa shape index (κ1) is 10.0. The first-order valence-corrected chi connectivity index (χ1v) is 3.69.